The number of hydrogen-bond acceptors (Lipinski definition) is 2. The molecule has 0 aliphatic heterocycles. The maximum Gasteiger partial charge on any atom is 0.406 e. The van der Waals surface area contributed by atoms with Gasteiger partial charge in [0.25, 0.3) is 0 Å². The summed E-state index contributed by atoms with van der Waals surface area (Å²) in [6, 6.07) is 3.28. The molecule has 0 bridgehead atoms. The Morgan fingerprint density at radius 1 is 1.44 bits per heavy atom. The smallest absolute Gasteiger partial charge is 0.383 e. The second-order valence-electron chi connectivity index (χ2n) is 3.41. The van der Waals surface area contributed by atoms with Gasteiger partial charge in [-0.3, -0.25) is 0 Å². The topological polar surface area (TPSA) is 26.2 Å². The average molecular weight is 236 g/mol. The lowest BCUT2D eigenvalue weighted by Crippen LogP contribution is -2.23. The third-order valence-electron chi connectivity index (χ3n) is 2.06. The zero-order valence-electron chi connectivity index (χ0n) is 9.05. The van der Waals surface area contributed by atoms with E-state index in [0.717, 1.165) is 0 Å². The Labute approximate surface area is 92.2 Å². The minimum Gasteiger partial charge on any atom is -0.383 e. The number of rotatable bonds is 6. The second kappa shape index (κ2) is 5.91. The van der Waals surface area contributed by atoms with Gasteiger partial charge >= 0.3 is 6.18 Å². The van der Waals surface area contributed by atoms with Crippen LogP contribution in [0.3, 0.4) is 0 Å². The molecule has 1 aromatic rings. The molecule has 0 radical (unpaired) electrons. The van der Waals surface area contributed by atoms with E-state index < -0.39 is 12.7 Å². The molecule has 92 valence electrons. The minimum atomic E-state index is -4.18. The van der Waals surface area contributed by atoms with Crippen LogP contribution in [0.2, 0.25) is 0 Å². The van der Waals surface area contributed by atoms with E-state index in [-0.39, 0.29) is 0 Å². The molecular weight excluding hydrogens is 221 g/mol. The second-order valence-corrected chi connectivity index (χ2v) is 3.41. The van der Waals surface area contributed by atoms with Crippen LogP contribution in [-0.4, -0.2) is 31.0 Å². The van der Waals surface area contributed by atoms with Gasteiger partial charge in [-0.2, -0.15) is 13.2 Å². The number of nitrogens with zero attached hydrogens (tertiary/aromatic N) is 1. The first-order chi connectivity index (χ1) is 7.53. The van der Waals surface area contributed by atoms with Crippen LogP contribution in [0.5, 0.6) is 0 Å². The number of methoxy groups -OCH3 is 1. The fraction of sp³-hybridized carbons (Fsp3) is 0.600. The highest BCUT2D eigenvalue weighted by atomic mass is 19.4. The van der Waals surface area contributed by atoms with E-state index in [9.17, 15) is 13.2 Å². The first-order valence-corrected chi connectivity index (χ1v) is 4.93. The summed E-state index contributed by atoms with van der Waals surface area (Å²) in [5.41, 5.74) is 0.619. The predicted molar refractivity (Wildman–Crippen MR) is 54.1 cm³/mol. The third-order valence-corrected chi connectivity index (χ3v) is 2.06. The molecule has 0 atom stereocenters. The molecule has 1 rings (SSSR count). The van der Waals surface area contributed by atoms with Gasteiger partial charge in [0.15, 0.2) is 0 Å². The molecule has 0 aliphatic rings. The summed E-state index contributed by atoms with van der Waals surface area (Å²) in [5, 5.41) is 3.00. The first-order valence-electron chi connectivity index (χ1n) is 4.93. The molecule has 1 aromatic heterocycles. The van der Waals surface area contributed by atoms with Gasteiger partial charge in [-0.1, -0.05) is 0 Å². The van der Waals surface area contributed by atoms with Crippen molar-refractivity contribution in [2.45, 2.75) is 19.3 Å². The van der Waals surface area contributed by atoms with Gasteiger partial charge in [0.05, 0.1) is 6.61 Å². The molecule has 1 heterocycles. The number of halogens is 3. The highest BCUT2D eigenvalue weighted by Crippen LogP contribution is 2.18. The Bertz CT molecular complexity index is 309. The molecule has 0 aromatic carbocycles. The maximum atomic E-state index is 12.2. The largest absolute Gasteiger partial charge is 0.406 e. The van der Waals surface area contributed by atoms with Crippen LogP contribution in [0.1, 0.15) is 5.69 Å². The summed E-state index contributed by atoms with van der Waals surface area (Å²) in [6.07, 6.45) is -2.75. The number of hydrogen-bond donors (Lipinski definition) is 1. The molecule has 16 heavy (non-hydrogen) atoms. The summed E-state index contributed by atoms with van der Waals surface area (Å²) in [6.45, 7) is 0.626. The van der Waals surface area contributed by atoms with Crippen molar-refractivity contribution in [3.63, 3.8) is 0 Å². The molecule has 0 saturated carbocycles. The van der Waals surface area contributed by atoms with Crippen molar-refractivity contribution < 1.29 is 17.9 Å². The Hall–Kier alpha value is -1.01. The van der Waals surface area contributed by atoms with Crippen molar-refractivity contribution >= 4 is 0 Å². The van der Waals surface area contributed by atoms with Crippen LogP contribution in [0, 0.1) is 0 Å². The summed E-state index contributed by atoms with van der Waals surface area (Å²) in [7, 11) is 1.58. The van der Waals surface area contributed by atoms with Crippen molar-refractivity contribution in [3.8, 4) is 0 Å². The van der Waals surface area contributed by atoms with Crippen molar-refractivity contribution in [3.05, 3.63) is 24.0 Å². The van der Waals surface area contributed by atoms with E-state index in [4.69, 9.17) is 4.74 Å². The van der Waals surface area contributed by atoms with E-state index in [1.54, 1.807) is 19.2 Å². The zero-order valence-corrected chi connectivity index (χ0v) is 9.05. The van der Waals surface area contributed by atoms with Crippen molar-refractivity contribution in [2.75, 3.05) is 20.3 Å². The number of alkyl halides is 3. The Morgan fingerprint density at radius 2 is 2.19 bits per heavy atom. The van der Waals surface area contributed by atoms with E-state index in [1.165, 1.54) is 10.8 Å². The molecule has 1 N–H and O–H groups in total. The highest BCUT2D eigenvalue weighted by Gasteiger charge is 2.28. The molecule has 0 saturated heterocycles. The van der Waals surface area contributed by atoms with Crippen molar-refractivity contribution in [2.24, 2.45) is 0 Å². The summed E-state index contributed by atoms with van der Waals surface area (Å²) in [5.74, 6) is 0. The predicted octanol–water partition coefficient (Wildman–Crippen LogP) is 1.79. The van der Waals surface area contributed by atoms with Gasteiger partial charge in [-0.25, -0.2) is 0 Å². The Morgan fingerprint density at radius 3 is 2.81 bits per heavy atom. The SMILES string of the molecule is COCCNCc1cccn1CC(F)(F)F. The lowest BCUT2D eigenvalue weighted by atomic mass is 10.4. The van der Waals surface area contributed by atoms with Crippen LogP contribution in [0.4, 0.5) is 13.2 Å². The standard InChI is InChI=1S/C10H15F3N2O/c1-16-6-4-14-7-9-3-2-5-15(9)8-10(11,12)13/h2-3,5,14H,4,6-8H2,1H3. The minimum absolute atomic E-state index is 0.409. The maximum absolute atomic E-state index is 12.2. The van der Waals surface area contributed by atoms with E-state index in [0.29, 0.717) is 25.4 Å². The van der Waals surface area contributed by atoms with Crippen LogP contribution in [-0.2, 0) is 17.8 Å². The molecule has 0 aliphatic carbocycles. The van der Waals surface area contributed by atoms with Gasteiger partial charge in [-0.15, -0.1) is 0 Å². The van der Waals surface area contributed by atoms with Crippen LogP contribution < -0.4 is 5.32 Å². The lowest BCUT2D eigenvalue weighted by Gasteiger charge is -2.12. The van der Waals surface area contributed by atoms with Crippen LogP contribution in [0.15, 0.2) is 18.3 Å². The van der Waals surface area contributed by atoms with E-state index in [1.807, 2.05) is 0 Å². The summed E-state index contributed by atoms with van der Waals surface area (Å²) >= 11 is 0. The monoisotopic (exact) mass is 236 g/mol. The van der Waals surface area contributed by atoms with E-state index >= 15 is 0 Å². The quantitative estimate of drug-likeness (QED) is 0.762. The van der Waals surface area contributed by atoms with Crippen LogP contribution in [0.25, 0.3) is 0 Å². The van der Waals surface area contributed by atoms with Crippen molar-refractivity contribution in [1.29, 1.82) is 0 Å². The molecule has 0 amide bonds. The Balaban J connectivity index is 2.44. The van der Waals surface area contributed by atoms with Gasteiger partial charge < -0.3 is 14.6 Å². The van der Waals surface area contributed by atoms with E-state index in [2.05, 4.69) is 5.32 Å². The molecule has 0 unspecified atom stereocenters. The first kappa shape index (κ1) is 13.1. The number of ether oxygens (including phenoxy) is 1. The van der Waals surface area contributed by atoms with Crippen LogP contribution >= 0.6 is 0 Å². The van der Waals surface area contributed by atoms with Gasteiger partial charge in [0, 0.05) is 32.1 Å². The highest BCUT2D eigenvalue weighted by molar-refractivity contribution is 5.07. The average Bonchev–Trinajstić information content (AvgIpc) is 2.58. The fourth-order valence-electron chi connectivity index (χ4n) is 1.35. The number of nitrogens with one attached hydrogen (secondary N) is 1. The summed E-state index contributed by atoms with van der Waals surface area (Å²) in [4.78, 5) is 0. The molecule has 0 spiro atoms. The molecule has 6 heteroatoms. The Kier molecular flexibility index (Phi) is 4.82. The lowest BCUT2D eigenvalue weighted by molar-refractivity contribution is -0.140. The summed E-state index contributed by atoms with van der Waals surface area (Å²) < 4.78 is 42.6. The molecular formula is C10H15F3N2O. The number of aromatic nitrogens is 1. The van der Waals surface area contributed by atoms with Gasteiger partial charge in [-0.05, 0) is 12.1 Å². The van der Waals surface area contributed by atoms with Gasteiger partial charge in [0.2, 0.25) is 0 Å². The van der Waals surface area contributed by atoms with Gasteiger partial charge in [0.1, 0.15) is 6.54 Å². The normalized spacial score (nSPS) is 12.0. The van der Waals surface area contributed by atoms with Crippen molar-refractivity contribution in [1.82, 2.24) is 9.88 Å². The zero-order chi connectivity index (χ0) is 12.0. The fourth-order valence-corrected chi connectivity index (χ4v) is 1.35. The third kappa shape index (κ3) is 4.67. The molecule has 3 nitrogen and oxygen atoms in total. The molecule has 0 fully saturated rings.